The van der Waals surface area contributed by atoms with Crippen molar-refractivity contribution in [2.45, 2.75) is 71.1 Å². The van der Waals surface area contributed by atoms with Crippen LogP contribution in [0.4, 0.5) is 5.69 Å². The van der Waals surface area contributed by atoms with Crippen molar-refractivity contribution >= 4 is 17.3 Å². The molecule has 34 heavy (non-hydrogen) atoms. The van der Waals surface area contributed by atoms with Gasteiger partial charge in [0, 0.05) is 12.1 Å². The molecular weight excluding hydrogens is 428 g/mol. The number of allylic oxidation sites excluding steroid dienone is 1. The van der Waals surface area contributed by atoms with Crippen molar-refractivity contribution in [3.8, 4) is 17.6 Å². The predicted molar refractivity (Wildman–Crippen MR) is 137 cm³/mol. The number of methoxy groups -OCH3 is 1. The molecule has 0 radical (unpaired) electrons. The second-order valence-electron chi connectivity index (χ2n) is 8.41. The molecule has 0 aliphatic heterocycles. The second-order valence-corrected chi connectivity index (χ2v) is 8.41. The van der Waals surface area contributed by atoms with Crippen LogP contribution in [0.15, 0.2) is 42.5 Å². The fourth-order valence-corrected chi connectivity index (χ4v) is 3.77. The van der Waals surface area contributed by atoms with E-state index in [0.29, 0.717) is 29.2 Å². The molecule has 0 aromatic heterocycles. The van der Waals surface area contributed by atoms with E-state index in [0.717, 1.165) is 12.0 Å². The van der Waals surface area contributed by atoms with Crippen molar-refractivity contribution in [3.05, 3.63) is 63.7 Å². The molecule has 0 saturated heterocycles. The van der Waals surface area contributed by atoms with Crippen molar-refractivity contribution in [2.75, 3.05) is 13.7 Å². The van der Waals surface area contributed by atoms with Gasteiger partial charge in [-0.1, -0.05) is 70.8 Å². The number of non-ortho nitro benzene ring substituents is 1. The molecule has 0 atom stereocenters. The van der Waals surface area contributed by atoms with Crippen molar-refractivity contribution in [2.24, 2.45) is 0 Å². The number of benzene rings is 2. The first kappa shape index (κ1) is 26.9. The van der Waals surface area contributed by atoms with Crippen LogP contribution >= 0.6 is 0 Å². The van der Waals surface area contributed by atoms with Gasteiger partial charge in [-0.2, -0.15) is 5.26 Å². The molecule has 0 spiro atoms. The molecule has 0 aliphatic rings. The summed E-state index contributed by atoms with van der Waals surface area (Å²) >= 11 is 0. The van der Waals surface area contributed by atoms with Gasteiger partial charge in [0.15, 0.2) is 11.5 Å². The lowest BCUT2D eigenvalue weighted by Gasteiger charge is -2.11. The van der Waals surface area contributed by atoms with E-state index in [4.69, 9.17) is 9.47 Å². The summed E-state index contributed by atoms with van der Waals surface area (Å²) in [5.41, 5.74) is 1.81. The lowest BCUT2D eigenvalue weighted by atomic mass is 10.0. The van der Waals surface area contributed by atoms with Crippen molar-refractivity contribution in [1.82, 2.24) is 0 Å². The number of nitro benzene ring substituents is 1. The van der Waals surface area contributed by atoms with Crippen molar-refractivity contribution in [1.29, 1.82) is 5.26 Å². The largest absolute Gasteiger partial charge is 0.493 e. The molecule has 2 aromatic carbocycles. The van der Waals surface area contributed by atoms with E-state index in [1.165, 1.54) is 69.9 Å². The SMILES string of the molecule is CCCCCCCCCCCCOc1ccc(/C=C(/C#N)c2ccc([N+](=O)[O-])cc2)cc1OC. The van der Waals surface area contributed by atoms with Gasteiger partial charge in [-0.3, -0.25) is 10.1 Å². The Hall–Kier alpha value is -3.33. The van der Waals surface area contributed by atoms with Crippen molar-refractivity contribution < 1.29 is 14.4 Å². The molecule has 6 heteroatoms. The van der Waals surface area contributed by atoms with Crippen LogP contribution in [0.1, 0.15) is 82.3 Å². The Morgan fingerprint density at radius 3 is 2.12 bits per heavy atom. The zero-order valence-electron chi connectivity index (χ0n) is 20.4. The van der Waals surface area contributed by atoms with E-state index in [9.17, 15) is 15.4 Å². The summed E-state index contributed by atoms with van der Waals surface area (Å²) in [6, 6.07) is 13.7. The van der Waals surface area contributed by atoms with Crippen LogP contribution in [-0.2, 0) is 0 Å². The fraction of sp³-hybridized carbons (Fsp3) is 0.464. The van der Waals surface area contributed by atoms with E-state index >= 15 is 0 Å². The monoisotopic (exact) mass is 464 g/mol. The average molecular weight is 465 g/mol. The highest BCUT2D eigenvalue weighted by Gasteiger charge is 2.09. The van der Waals surface area contributed by atoms with Crippen LogP contribution in [-0.4, -0.2) is 18.6 Å². The third-order valence-corrected chi connectivity index (χ3v) is 5.76. The van der Waals surface area contributed by atoms with Crippen LogP contribution in [0.25, 0.3) is 11.6 Å². The molecule has 0 amide bonds. The summed E-state index contributed by atoms with van der Waals surface area (Å²) in [6.45, 7) is 2.90. The molecule has 2 rings (SSSR count). The summed E-state index contributed by atoms with van der Waals surface area (Å²) in [7, 11) is 1.59. The number of nitriles is 1. The van der Waals surface area contributed by atoms with Crippen LogP contribution in [0.5, 0.6) is 11.5 Å². The van der Waals surface area contributed by atoms with Gasteiger partial charge in [0.2, 0.25) is 0 Å². The molecule has 0 unspecified atom stereocenters. The number of unbranched alkanes of at least 4 members (excludes halogenated alkanes) is 9. The highest BCUT2D eigenvalue weighted by molar-refractivity contribution is 5.90. The maximum absolute atomic E-state index is 10.8. The Labute approximate surface area is 203 Å². The molecular formula is C28H36N2O4. The van der Waals surface area contributed by atoms with Gasteiger partial charge in [-0.15, -0.1) is 0 Å². The fourth-order valence-electron chi connectivity index (χ4n) is 3.77. The number of ether oxygens (including phenoxy) is 2. The van der Waals surface area contributed by atoms with Crippen LogP contribution in [0, 0.1) is 21.4 Å². The van der Waals surface area contributed by atoms with Gasteiger partial charge in [0.1, 0.15) is 0 Å². The van der Waals surface area contributed by atoms with Crippen LogP contribution < -0.4 is 9.47 Å². The third-order valence-electron chi connectivity index (χ3n) is 5.76. The molecule has 182 valence electrons. The van der Waals surface area contributed by atoms with E-state index in [2.05, 4.69) is 13.0 Å². The number of rotatable bonds is 16. The van der Waals surface area contributed by atoms with E-state index in [-0.39, 0.29) is 5.69 Å². The lowest BCUT2D eigenvalue weighted by molar-refractivity contribution is -0.384. The highest BCUT2D eigenvalue weighted by Crippen LogP contribution is 2.30. The zero-order valence-corrected chi connectivity index (χ0v) is 20.4. The summed E-state index contributed by atoms with van der Waals surface area (Å²) in [5.74, 6) is 1.30. The minimum absolute atomic E-state index is 0.00776. The van der Waals surface area contributed by atoms with Gasteiger partial charge in [-0.25, -0.2) is 0 Å². The van der Waals surface area contributed by atoms with E-state index in [1.807, 2.05) is 18.2 Å². The maximum Gasteiger partial charge on any atom is 0.269 e. The summed E-state index contributed by atoms with van der Waals surface area (Å²) < 4.78 is 11.4. The molecule has 0 heterocycles. The first-order valence-electron chi connectivity index (χ1n) is 12.3. The second kappa shape index (κ2) is 15.5. The first-order chi connectivity index (χ1) is 16.6. The van der Waals surface area contributed by atoms with Crippen molar-refractivity contribution in [3.63, 3.8) is 0 Å². The lowest BCUT2D eigenvalue weighted by Crippen LogP contribution is -1.99. The normalized spacial score (nSPS) is 11.1. The molecule has 0 saturated carbocycles. The van der Waals surface area contributed by atoms with Crippen LogP contribution in [0.2, 0.25) is 0 Å². The third kappa shape index (κ3) is 9.27. The Balaban J connectivity index is 1.84. The number of nitrogens with zero attached hydrogens (tertiary/aromatic N) is 2. The van der Waals surface area contributed by atoms with Crippen LogP contribution in [0.3, 0.4) is 0 Å². The molecule has 2 aromatic rings. The Kier molecular flexibility index (Phi) is 12.3. The number of hydrogen-bond donors (Lipinski definition) is 0. The Bertz CT molecular complexity index is 961. The summed E-state index contributed by atoms with van der Waals surface area (Å²) in [5, 5.41) is 20.4. The smallest absolute Gasteiger partial charge is 0.269 e. The molecule has 0 bridgehead atoms. The number of nitro groups is 1. The van der Waals surface area contributed by atoms with E-state index < -0.39 is 4.92 Å². The maximum atomic E-state index is 10.8. The molecule has 0 N–H and O–H groups in total. The van der Waals surface area contributed by atoms with E-state index in [1.54, 1.807) is 25.3 Å². The average Bonchev–Trinajstić information content (AvgIpc) is 2.86. The minimum atomic E-state index is -0.460. The van der Waals surface area contributed by atoms with Gasteiger partial charge in [-0.05, 0) is 47.9 Å². The Morgan fingerprint density at radius 1 is 0.941 bits per heavy atom. The molecule has 0 aliphatic carbocycles. The Morgan fingerprint density at radius 2 is 1.56 bits per heavy atom. The van der Waals surface area contributed by atoms with Gasteiger partial charge in [0.25, 0.3) is 5.69 Å². The topological polar surface area (TPSA) is 85.4 Å². The zero-order chi connectivity index (χ0) is 24.6. The number of hydrogen-bond acceptors (Lipinski definition) is 5. The first-order valence-corrected chi connectivity index (χ1v) is 12.3. The van der Waals surface area contributed by atoms with Gasteiger partial charge in [0.05, 0.1) is 30.3 Å². The minimum Gasteiger partial charge on any atom is -0.493 e. The molecule has 6 nitrogen and oxygen atoms in total. The highest BCUT2D eigenvalue weighted by atomic mass is 16.6. The summed E-state index contributed by atoms with van der Waals surface area (Å²) in [6.07, 6.45) is 14.5. The van der Waals surface area contributed by atoms with Gasteiger partial charge >= 0.3 is 0 Å². The quantitative estimate of drug-likeness (QED) is 0.0826. The van der Waals surface area contributed by atoms with Gasteiger partial charge < -0.3 is 9.47 Å². The summed E-state index contributed by atoms with van der Waals surface area (Å²) in [4.78, 5) is 10.4. The predicted octanol–water partition coefficient (Wildman–Crippen LogP) is 7.97. The molecule has 0 fully saturated rings. The standard InChI is InChI=1S/C28H36N2O4/c1-3-4-5-6-7-8-9-10-11-12-19-34-27-18-13-23(21-28(27)33-2)20-25(22-29)24-14-16-26(17-15-24)30(31)32/h13-18,20-21H,3-12,19H2,1-2H3/b25-20-.